The lowest BCUT2D eigenvalue weighted by molar-refractivity contribution is 0.227. The highest BCUT2D eigenvalue weighted by molar-refractivity contribution is 6.62. The van der Waals surface area contributed by atoms with Crippen LogP contribution in [0.1, 0.15) is 12.0 Å². The Morgan fingerprint density at radius 1 is 1.31 bits per heavy atom. The van der Waals surface area contributed by atoms with Gasteiger partial charge in [0.2, 0.25) is 0 Å². The van der Waals surface area contributed by atoms with Crippen molar-refractivity contribution in [2.45, 2.75) is 6.42 Å². The first-order valence-corrected chi connectivity index (χ1v) is 5.44. The van der Waals surface area contributed by atoms with Gasteiger partial charge in [0.15, 0.2) is 0 Å². The summed E-state index contributed by atoms with van der Waals surface area (Å²) in [5, 5.41) is -0.422. The Balaban J connectivity index is 2.13. The number of hydrogen-bond acceptors (Lipinski definition) is 1. The molecule has 1 aromatic rings. The molecule has 0 saturated heterocycles. The molecule has 2 nitrogen and oxygen atoms in total. The lowest BCUT2D eigenvalue weighted by Gasteiger charge is -2.24. The molecule has 1 aromatic carbocycles. The van der Waals surface area contributed by atoms with Crippen LogP contribution in [0.25, 0.3) is 5.57 Å². The SMILES string of the molecule is O=C(Cl)N1CC=C(c2ccc(F)cc2)CC1. The van der Waals surface area contributed by atoms with Crippen LogP contribution in [-0.2, 0) is 0 Å². The minimum atomic E-state index is -0.422. The molecule has 0 radical (unpaired) electrons. The lowest BCUT2D eigenvalue weighted by Crippen LogP contribution is -2.30. The molecule has 0 saturated carbocycles. The van der Waals surface area contributed by atoms with Crippen LogP contribution in [0.4, 0.5) is 9.18 Å². The van der Waals surface area contributed by atoms with Crippen molar-refractivity contribution in [1.29, 1.82) is 0 Å². The number of carbonyl (C=O) groups is 1. The fourth-order valence-electron chi connectivity index (χ4n) is 1.75. The van der Waals surface area contributed by atoms with Crippen LogP contribution in [0.15, 0.2) is 30.3 Å². The van der Waals surface area contributed by atoms with E-state index < -0.39 is 5.37 Å². The van der Waals surface area contributed by atoms with Gasteiger partial charge in [0.25, 0.3) is 0 Å². The van der Waals surface area contributed by atoms with E-state index in [1.807, 2.05) is 6.08 Å². The molecule has 1 aliphatic rings. The van der Waals surface area contributed by atoms with E-state index in [1.165, 1.54) is 12.1 Å². The standard InChI is InChI=1S/C12H11ClFNO/c13-12(16)15-7-5-10(6-8-15)9-1-3-11(14)4-2-9/h1-5H,6-8H2. The third-order valence-corrected chi connectivity index (χ3v) is 2.91. The molecule has 0 N–H and O–H groups in total. The number of amides is 1. The fourth-order valence-corrected chi connectivity index (χ4v) is 1.91. The van der Waals surface area contributed by atoms with Crippen LogP contribution >= 0.6 is 11.6 Å². The van der Waals surface area contributed by atoms with Crippen LogP contribution in [0.2, 0.25) is 0 Å². The Labute approximate surface area is 98.3 Å². The second-order valence-corrected chi connectivity index (χ2v) is 4.01. The second kappa shape index (κ2) is 4.66. The highest BCUT2D eigenvalue weighted by Gasteiger charge is 2.15. The maximum Gasteiger partial charge on any atom is 0.316 e. The Morgan fingerprint density at radius 2 is 2.00 bits per heavy atom. The summed E-state index contributed by atoms with van der Waals surface area (Å²) in [6.45, 7) is 1.14. The van der Waals surface area contributed by atoms with Crippen LogP contribution in [0.5, 0.6) is 0 Å². The Morgan fingerprint density at radius 3 is 2.50 bits per heavy atom. The van der Waals surface area contributed by atoms with Crippen molar-refractivity contribution in [2.24, 2.45) is 0 Å². The predicted molar refractivity (Wildman–Crippen MR) is 61.8 cm³/mol. The van der Waals surface area contributed by atoms with E-state index in [-0.39, 0.29) is 5.82 Å². The number of carbonyl (C=O) groups excluding carboxylic acids is 1. The lowest BCUT2D eigenvalue weighted by atomic mass is 10.00. The van der Waals surface area contributed by atoms with Crippen molar-refractivity contribution in [1.82, 2.24) is 4.90 Å². The van der Waals surface area contributed by atoms with Gasteiger partial charge in [-0.1, -0.05) is 18.2 Å². The third-order valence-electron chi connectivity index (χ3n) is 2.67. The van der Waals surface area contributed by atoms with Crippen molar-refractivity contribution in [3.63, 3.8) is 0 Å². The average molecular weight is 240 g/mol. The molecule has 0 atom stereocenters. The average Bonchev–Trinajstić information content (AvgIpc) is 2.30. The first-order valence-electron chi connectivity index (χ1n) is 5.06. The summed E-state index contributed by atoms with van der Waals surface area (Å²) < 4.78 is 12.7. The molecule has 0 fully saturated rings. The maximum absolute atomic E-state index is 12.7. The molecule has 0 spiro atoms. The van der Waals surface area contributed by atoms with Gasteiger partial charge in [0.1, 0.15) is 5.82 Å². The Hall–Kier alpha value is -1.35. The quantitative estimate of drug-likeness (QED) is 0.544. The van der Waals surface area contributed by atoms with Crippen molar-refractivity contribution in [3.8, 4) is 0 Å². The van der Waals surface area contributed by atoms with Crippen LogP contribution in [0.3, 0.4) is 0 Å². The summed E-state index contributed by atoms with van der Waals surface area (Å²) in [5.41, 5.74) is 2.14. The van der Waals surface area contributed by atoms with Gasteiger partial charge < -0.3 is 4.90 Å². The van der Waals surface area contributed by atoms with E-state index >= 15 is 0 Å². The van der Waals surface area contributed by atoms with Gasteiger partial charge in [-0.25, -0.2) is 4.39 Å². The zero-order valence-corrected chi connectivity index (χ0v) is 9.38. The smallest absolute Gasteiger partial charge is 0.316 e. The van der Waals surface area contributed by atoms with E-state index in [1.54, 1.807) is 17.0 Å². The van der Waals surface area contributed by atoms with E-state index in [0.717, 1.165) is 17.6 Å². The minimum Gasteiger partial charge on any atom is -0.325 e. The molecule has 1 aliphatic heterocycles. The first-order chi connectivity index (χ1) is 7.66. The minimum absolute atomic E-state index is 0.238. The second-order valence-electron chi connectivity index (χ2n) is 3.69. The molecular weight excluding hydrogens is 229 g/mol. The first kappa shape index (κ1) is 11.1. The largest absolute Gasteiger partial charge is 0.325 e. The number of hydrogen-bond donors (Lipinski definition) is 0. The zero-order chi connectivity index (χ0) is 11.5. The predicted octanol–water partition coefficient (Wildman–Crippen LogP) is 3.27. The number of benzene rings is 1. The highest BCUT2D eigenvalue weighted by Crippen LogP contribution is 2.22. The fraction of sp³-hybridized carbons (Fsp3) is 0.250. The van der Waals surface area contributed by atoms with Crippen molar-refractivity contribution >= 4 is 22.5 Å². The summed E-state index contributed by atoms with van der Waals surface area (Å²) >= 11 is 5.38. The van der Waals surface area contributed by atoms with E-state index in [0.29, 0.717) is 13.1 Å². The molecule has 1 amide bonds. The summed E-state index contributed by atoms with van der Waals surface area (Å²) in [7, 11) is 0. The zero-order valence-electron chi connectivity index (χ0n) is 8.62. The molecule has 0 aliphatic carbocycles. The van der Waals surface area contributed by atoms with E-state index in [4.69, 9.17) is 11.6 Å². The van der Waals surface area contributed by atoms with Crippen LogP contribution in [-0.4, -0.2) is 23.4 Å². The number of rotatable bonds is 1. The monoisotopic (exact) mass is 239 g/mol. The van der Waals surface area contributed by atoms with Gasteiger partial charge in [0, 0.05) is 13.1 Å². The Kier molecular flexibility index (Phi) is 3.25. The summed E-state index contributed by atoms with van der Waals surface area (Å²) in [5.74, 6) is -0.238. The van der Waals surface area contributed by atoms with Gasteiger partial charge in [-0.2, -0.15) is 0 Å². The van der Waals surface area contributed by atoms with Crippen molar-refractivity contribution in [2.75, 3.05) is 13.1 Å². The molecule has 0 bridgehead atoms. The molecule has 84 valence electrons. The Bertz CT molecular complexity index is 427. The van der Waals surface area contributed by atoms with Crippen molar-refractivity contribution < 1.29 is 9.18 Å². The van der Waals surface area contributed by atoms with Crippen LogP contribution < -0.4 is 0 Å². The molecule has 16 heavy (non-hydrogen) atoms. The normalized spacial score (nSPS) is 15.9. The molecule has 0 unspecified atom stereocenters. The van der Waals surface area contributed by atoms with Crippen LogP contribution in [0, 0.1) is 5.82 Å². The van der Waals surface area contributed by atoms with E-state index in [2.05, 4.69) is 0 Å². The van der Waals surface area contributed by atoms with Gasteiger partial charge >= 0.3 is 5.37 Å². The van der Waals surface area contributed by atoms with E-state index in [9.17, 15) is 9.18 Å². The topological polar surface area (TPSA) is 20.3 Å². The summed E-state index contributed by atoms with van der Waals surface area (Å²) in [6, 6.07) is 6.38. The molecule has 0 aromatic heterocycles. The number of nitrogens with zero attached hydrogens (tertiary/aromatic N) is 1. The molecular formula is C12H11ClFNO. The molecule has 2 rings (SSSR count). The summed E-state index contributed by atoms with van der Waals surface area (Å²) in [6.07, 6.45) is 2.71. The highest BCUT2D eigenvalue weighted by atomic mass is 35.5. The van der Waals surface area contributed by atoms with Gasteiger partial charge in [0.05, 0.1) is 0 Å². The number of halogens is 2. The molecule has 4 heteroatoms. The van der Waals surface area contributed by atoms with Gasteiger partial charge in [-0.05, 0) is 41.3 Å². The third kappa shape index (κ3) is 2.42. The van der Waals surface area contributed by atoms with Gasteiger partial charge in [-0.15, -0.1) is 0 Å². The molecule has 1 heterocycles. The summed E-state index contributed by atoms with van der Waals surface area (Å²) in [4.78, 5) is 12.5. The van der Waals surface area contributed by atoms with Gasteiger partial charge in [-0.3, -0.25) is 4.79 Å². The van der Waals surface area contributed by atoms with Crippen molar-refractivity contribution in [3.05, 3.63) is 41.7 Å². The maximum atomic E-state index is 12.7.